The number of pyridine rings is 1. The summed E-state index contributed by atoms with van der Waals surface area (Å²) >= 11 is 1.28. The maximum absolute atomic E-state index is 13.1. The van der Waals surface area contributed by atoms with Gasteiger partial charge in [-0.25, -0.2) is 8.78 Å². The number of hydrogen-bond acceptors (Lipinski definition) is 3. The fourth-order valence-corrected chi connectivity index (χ4v) is 4.53. The van der Waals surface area contributed by atoms with Crippen LogP contribution < -0.4 is 5.56 Å². The van der Waals surface area contributed by atoms with Gasteiger partial charge in [0.25, 0.3) is 12.0 Å². The maximum atomic E-state index is 13.1. The van der Waals surface area contributed by atoms with Crippen molar-refractivity contribution in [3.05, 3.63) is 50.6 Å². The van der Waals surface area contributed by atoms with Gasteiger partial charge in [-0.05, 0) is 37.0 Å². The predicted octanol–water partition coefficient (Wildman–Crippen LogP) is 4.88. The fourth-order valence-electron chi connectivity index (χ4n) is 3.28. The summed E-state index contributed by atoms with van der Waals surface area (Å²) in [6.07, 6.45) is -2.00. The summed E-state index contributed by atoms with van der Waals surface area (Å²) in [5.74, 6) is -0.110. The average molecular weight is 363 g/mol. The summed E-state index contributed by atoms with van der Waals surface area (Å²) in [5.41, 5.74) is 1.79. The molecule has 25 heavy (non-hydrogen) atoms. The molecule has 0 fully saturated rings. The minimum absolute atomic E-state index is 0.0961. The zero-order chi connectivity index (χ0) is 18.3. The molecule has 6 heteroatoms. The number of benzene rings is 1. The van der Waals surface area contributed by atoms with E-state index in [1.807, 2.05) is 32.9 Å². The molecule has 0 saturated heterocycles. The van der Waals surface area contributed by atoms with E-state index >= 15 is 0 Å². The van der Waals surface area contributed by atoms with E-state index < -0.39 is 18.5 Å². The lowest BCUT2D eigenvalue weighted by atomic mass is 9.98. The largest absolute Gasteiger partial charge is 0.506 e. The third-order valence-electron chi connectivity index (χ3n) is 4.46. The first kappa shape index (κ1) is 17.6. The lowest BCUT2D eigenvalue weighted by Gasteiger charge is -2.14. The first-order valence-electron chi connectivity index (χ1n) is 8.08. The van der Waals surface area contributed by atoms with Crippen molar-refractivity contribution in [3.63, 3.8) is 0 Å². The van der Waals surface area contributed by atoms with Gasteiger partial charge in [-0.2, -0.15) is 0 Å². The molecule has 3 rings (SSSR count). The zero-order valence-corrected chi connectivity index (χ0v) is 15.1. The highest BCUT2D eigenvalue weighted by molar-refractivity contribution is 7.18. The number of aromatic nitrogens is 1. The Kier molecular flexibility index (Phi) is 4.64. The third-order valence-corrected chi connectivity index (χ3v) is 5.63. The van der Waals surface area contributed by atoms with Crippen LogP contribution in [-0.2, 0) is 13.0 Å². The van der Waals surface area contributed by atoms with Crippen molar-refractivity contribution in [3.8, 4) is 16.9 Å². The quantitative estimate of drug-likeness (QED) is 0.718. The van der Waals surface area contributed by atoms with Crippen molar-refractivity contribution in [2.45, 2.75) is 40.2 Å². The minimum atomic E-state index is -2.65. The first-order chi connectivity index (χ1) is 11.9. The molecule has 2 heterocycles. The topological polar surface area (TPSA) is 42.2 Å². The Morgan fingerprint density at radius 3 is 2.52 bits per heavy atom. The van der Waals surface area contributed by atoms with Crippen LogP contribution in [0.15, 0.2) is 29.1 Å². The molecule has 0 atom stereocenters. The Morgan fingerprint density at radius 1 is 1.24 bits per heavy atom. The number of fused-ring (bicyclic) bond motifs is 1. The van der Waals surface area contributed by atoms with E-state index in [4.69, 9.17) is 0 Å². The van der Waals surface area contributed by atoms with Crippen molar-refractivity contribution in [1.82, 2.24) is 4.57 Å². The Morgan fingerprint density at radius 2 is 1.92 bits per heavy atom. The predicted molar refractivity (Wildman–Crippen MR) is 98.0 cm³/mol. The van der Waals surface area contributed by atoms with Gasteiger partial charge < -0.3 is 5.11 Å². The van der Waals surface area contributed by atoms with Crippen LogP contribution in [0.2, 0.25) is 0 Å². The van der Waals surface area contributed by atoms with Crippen LogP contribution in [0.5, 0.6) is 5.75 Å². The number of halogens is 2. The second-order valence-corrected chi connectivity index (χ2v) is 7.22. The van der Waals surface area contributed by atoms with Crippen LogP contribution in [0.1, 0.15) is 22.9 Å². The fraction of sp³-hybridized carbons (Fsp3) is 0.316. The molecule has 3 aromatic rings. The lowest BCUT2D eigenvalue weighted by Crippen LogP contribution is -2.25. The van der Waals surface area contributed by atoms with E-state index in [0.717, 1.165) is 20.6 Å². The van der Waals surface area contributed by atoms with Gasteiger partial charge in [0.15, 0.2) is 0 Å². The lowest BCUT2D eigenvalue weighted by molar-refractivity contribution is 0.127. The van der Waals surface area contributed by atoms with Gasteiger partial charge in [0.2, 0.25) is 0 Å². The number of nitrogens with zero attached hydrogens (tertiary/aromatic N) is 1. The molecule has 3 nitrogen and oxygen atoms in total. The Labute approximate surface area is 148 Å². The molecular weight excluding hydrogens is 344 g/mol. The standard InChI is InChI=1S/C19H19F2NO2S/c1-4-12-11(3)25-19-16(12)17(23)15(13-8-6-5-7-10(13)2)18(24)22(19)9-14(20)21/h5-8,14,23H,4,9H2,1-3H3. The highest BCUT2D eigenvalue weighted by Crippen LogP contribution is 2.41. The minimum Gasteiger partial charge on any atom is -0.506 e. The molecule has 0 saturated carbocycles. The van der Waals surface area contributed by atoms with Crippen molar-refractivity contribution in [2.75, 3.05) is 0 Å². The van der Waals surface area contributed by atoms with Gasteiger partial charge in [0.1, 0.15) is 10.6 Å². The van der Waals surface area contributed by atoms with Crippen molar-refractivity contribution in [1.29, 1.82) is 0 Å². The van der Waals surface area contributed by atoms with Gasteiger partial charge >= 0.3 is 0 Å². The van der Waals surface area contributed by atoms with Crippen LogP contribution in [-0.4, -0.2) is 16.1 Å². The van der Waals surface area contributed by atoms with E-state index in [0.29, 0.717) is 22.2 Å². The summed E-state index contributed by atoms with van der Waals surface area (Å²) in [6, 6.07) is 7.16. The molecule has 0 bridgehead atoms. The van der Waals surface area contributed by atoms with Gasteiger partial charge in [-0.3, -0.25) is 9.36 Å². The summed E-state index contributed by atoms with van der Waals surface area (Å²) in [6.45, 7) is 4.98. The first-order valence-corrected chi connectivity index (χ1v) is 8.90. The van der Waals surface area contributed by atoms with E-state index in [9.17, 15) is 18.7 Å². The van der Waals surface area contributed by atoms with Crippen LogP contribution in [0.4, 0.5) is 8.78 Å². The molecular formula is C19H19F2NO2S. The molecule has 0 amide bonds. The van der Waals surface area contributed by atoms with Crippen molar-refractivity contribution < 1.29 is 13.9 Å². The molecule has 2 aromatic heterocycles. The van der Waals surface area contributed by atoms with Crippen molar-refractivity contribution >= 4 is 21.6 Å². The van der Waals surface area contributed by atoms with Crippen molar-refractivity contribution in [2.24, 2.45) is 0 Å². The number of rotatable bonds is 4. The summed E-state index contributed by atoms with van der Waals surface area (Å²) in [5, 5.41) is 11.4. The van der Waals surface area contributed by atoms with Gasteiger partial charge in [0.05, 0.1) is 17.5 Å². The summed E-state index contributed by atoms with van der Waals surface area (Å²) in [7, 11) is 0. The highest BCUT2D eigenvalue weighted by Gasteiger charge is 2.24. The average Bonchev–Trinajstić information content (AvgIpc) is 2.89. The van der Waals surface area contributed by atoms with Gasteiger partial charge in [-0.15, -0.1) is 11.3 Å². The summed E-state index contributed by atoms with van der Waals surface area (Å²) < 4.78 is 27.3. The van der Waals surface area contributed by atoms with Crippen LogP contribution in [0.25, 0.3) is 21.3 Å². The van der Waals surface area contributed by atoms with Crippen LogP contribution in [0.3, 0.4) is 0 Å². The van der Waals surface area contributed by atoms with E-state index in [2.05, 4.69) is 0 Å². The van der Waals surface area contributed by atoms with Crippen LogP contribution in [0, 0.1) is 13.8 Å². The third kappa shape index (κ3) is 2.84. The molecule has 0 aliphatic rings. The Bertz CT molecular complexity index is 1000. The van der Waals surface area contributed by atoms with E-state index in [-0.39, 0.29) is 11.3 Å². The molecule has 0 spiro atoms. The number of hydrogen-bond donors (Lipinski definition) is 1. The normalized spacial score (nSPS) is 11.6. The Balaban J connectivity index is 2.50. The molecule has 132 valence electrons. The van der Waals surface area contributed by atoms with Gasteiger partial charge in [0, 0.05) is 4.88 Å². The maximum Gasteiger partial charge on any atom is 0.263 e. The monoisotopic (exact) mass is 363 g/mol. The van der Waals surface area contributed by atoms with Crippen LogP contribution >= 0.6 is 11.3 Å². The SMILES string of the molecule is CCc1c(C)sc2c1c(O)c(-c1ccccc1C)c(=O)n2CC(F)F. The molecule has 0 unspecified atom stereocenters. The van der Waals surface area contributed by atoms with E-state index in [1.165, 1.54) is 11.3 Å². The highest BCUT2D eigenvalue weighted by atomic mass is 32.1. The van der Waals surface area contributed by atoms with Gasteiger partial charge in [-0.1, -0.05) is 31.2 Å². The smallest absolute Gasteiger partial charge is 0.263 e. The second kappa shape index (κ2) is 6.59. The Hall–Kier alpha value is -2.21. The number of aryl methyl sites for hydroxylation is 3. The summed E-state index contributed by atoms with van der Waals surface area (Å²) in [4.78, 5) is 14.3. The number of thiophene rings is 1. The molecule has 1 aromatic carbocycles. The number of alkyl halides is 2. The number of aromatic hydroxyl groups is 1. The molecule has 0 aliphatic heterocycles. The molecule has 0 radical (unpaired) electrons. The van der Waals surface area contributed by atoms with E-state index in [1.54, 1.807) is 12.1 Å². The second-order valence-electron chi connectivity index (χ2n) is 6.02. The zero-order valence-electron chi connectivity index (χ0n) is 14.3. The molecule has 1 N–H and O–H groups in total. The molecule has 0 aliphatic carbocycles.